The molecule has 0 spiro atoms. The fourth-order valence-corrected chi connectivity index (χ4v) is 4.18. The van der Waals surface area contributed by atoms with Crippen LogP contribution in [-0.4, -0.2) is 64.2 Å². The summed E-state index contributed by atoms with van der Waals surface area (Å²) in [4.78, 5) is 70.4. The molecule has 12 nitrogen and oxygen atoms in total. The van der Waals surface area contributed by atoms with Crippen LogP contribution in [-0.2, 0) is 9.57 Å². The second-order valence-electron chi connectivity index (χ2n) is 8.36. The fourth-order valence-electron chi connectivity index (χ4n) is 4.18. The first-order valence-corrected chi connectivity index (χ1v) is 11.3. The molecule has 3 amide bonds. The molecule has 4 rings (SSSR count). The van der Waals surface area contributed by atoms with Crippen LogP contribution >= 0.6 is 0 Å². The van der Waals surface area contributed by atoms with E-state index >= 15 is 0 Å². The lowest BCUT2D eigenvalue weighted by Crippen LogP contribution is -2.38. The molecule has 0 aliphatic carbocycles. The number of aryl methyl sites for hydroxylation is 1. The van der Waals surface area contributed by atoms with E-state index in [0.29, 0.717) is 30.0 Å². The number of fused-ring (bicyclic) bond motifs is 1. The maximum Gasteiger partial charge on any atom is 0.330 e. The molecule has 2 aromatic rings. The van der Waals surface area contributed by atoms with E-state index < -0.39 is 41.5 Å². The molecule has 0 radical (unpaired) electrons. The number of hydrogen-bond donors (Lipinski definition) is 3. The molecule has 1 aromatic carbocycles. The molecule has 1 saturated heterocycles. The van der Waals surface area contributed by atoms with Crippen molar-refractivity contribution in [2.45, 2.75) is 51.5 Å². The Bertz CT molecular complexity index is 1310. The number of imide groups is 1. The largest absolute Gasteiger partial charge is 0.396 e. The van der Waals surface area contributed by atoms with Crippen molar-refractivity contribution in [3.63, 3.8) is 0 Å². The Balaban J connectivity index is 1.57. The Morgan fingerprint density at radius 3 is 2.80 bits per heavy atom. The number of carbonyl (C=O) groups excluding carboxylic acids is 3. The SMILES string of the molecule is [3H]OCCC[C@H]1O[C@@H](n2cc(C)c(=O)[nH]c2=O)CC1ON1C(=O)c2ccc(C(=O)NCC)cc2C1=O. The van der Waals surface area contributed by atoms with Gasteiger partial charge >= 0.3 is 5.69 Å². The number of aromatic nitrogens is 2. The number of H-pyrrole nitrogens is 1. The number of hydrogen-bond acceptors (Lipinski definition) is 8. The van der Waals surface area contributed by atoms with Gasteiger partial charge in [0.05, 0.1) is 17.2 Å². The molecule has 2 aliphatic rings. The van der Waals surface area contributed by atoms with Crippen molar-refractivity contribution in [3.05, 3.63) is 67.5 Å². The zero-order chi connectivity index (χ0) is 26.0. The lowest BCUT2D eigenvalue weighted by Gasteiger charge is -2.22. The predicted molar refractivity (Wildman–Crippen MR) is 121 cm³/mol. The van der Waals surface area contributed by atoms with Gasteiger partial charge in [0, 0.05) is 36.9 Å². The second-order valence-corrected chi connectivity index (χ2v) is 8.36. The van der Waals surface area contributed by atoms with Crippen LogP contribution in [0, 0.1) is 6.92 Å². The Morgan fingerprint density at radius 2 is 2.06 bits per heavy atom. The third-order valence-corrected chi connectivity index (χ3v) is 5.96. The van der Waals surface area contributed by atoms with Gasteiger partial charge in [-0.25, -0.2) is 4.79 Å². The monoisotopic (exact) mass is 488 g/mol. The van der Waals surface area contributed by atoms with Crippen molar-refractivity contribution in [1.82, 2.24) is 19.9 Å². The van der Waals surface area contributed by atoms with Crippen molar-refractivity contribution >= 4 is 17.7 Å². The van der Waals surface area contributed by atoms with Crippen LogP contribution in [0.4, 0.5) is 0 Å². The van der Waals surface area contributed by atoms with Crippen LogP contribution in [0.25, 0.3) is 0 Å². The summed E-state index contributed by atoms with van der Waals surface area (Å²) in [5, 5.41) is 7.65. The molecule has 3 atom stereocenters. The van der Waals surface area contributed by atoms with Crippen LogP contribution < -0.4 is 16.6 Å². The average Bonchev–Trinajstić information content (AvgIpc) is 3.35. The second kappa shape index (κ2) is 9.94. The first-order valence-electron chi connectivity index (χ1n) is 11.7. The summed E-state index contributed by atoms with van der Waals surface area (Å²) >= 11 is 0. The van der Waals surface area contributed by atoms with Gasteiger partial charge in [-0.2, -0.15) is 0 Å². The molecule has 1 aromatic heterocycles. The summed E-state index contributed by atoms with van der Waals surface area (Å²) < 4.78 is 14.1. The van der Waals surface area contributed by atoms with Gasteiger partial charge in [0.25, 0.3) is 23.3 Å². The number of carbonyl (C=O) groups is 3. The van der Waals surface area contributed by atoms with Crippen molar-refractivity contribution in [1.29, 1.82) is 1.43 Å². The number of benzene rings is 1. The average molecular weight is 488 g/mol. The summed E-state index contributed by atoms with van der Waals surface area (Å²) in [5.74, 6) is -1.76. The number of aromatic amines is 1. The predicted octanol–water partition coefficient (Wildman–Crippen LogP) is 0.251. The van der Waals surface area contributed by atoms with E-state index in [9.17, 15) is 24.0 Å². The summed E-state index contributed by atoms with van der Waals surface area (Å²) in [5.41, 5.74) is -0.470. The maximum atomic E-state index is 13.1. The molecule has 35 heavy (non-hydrogen) atoms. The minimum absolute atomic E-state index is 0.0471. The zero-order valence-corrected chi connectivity index (χ0v) is 19.2. The molecule has 3 heterocycles. The molecule has 0 bridgehead atoms. The van der Waals surface area contributed by atoms with E-state index in [2.05, 4.69) is 15.4 Å². The molecule has 186 valence electrons. The lowest BCUT2D eigenvalue weighted by atomic mass is 10.1. The van der Waals surface area contributed by atoms with Crippen LogP contribution in [0.3, 0.4) is 0 Å². The number of ether oxygens (including phenoxy) is 1. The Hall–Kier alpha value is -3.61. The number of aliphatic hydroxyl groups excluding tert-OH is 1. The van der Waals surface area contributed by atoms with Gasteiger partial charge in [0.1, 0.15) is 12.3 Å². The number of hydroxylamine groups is 2. The number of rotatable bonds is 9. The minimum Gasteiger partial charge on any atom is -0.396 e. The molecule has 1 fully saturated rings. The highest BCUT2D eigenvalue weighted by Crippen LogP contribution is 2.35. The molecule has 0 saturated carbocycles. The van der Waals surface area contributed by atoms with Crippen molar-refractivity contribution in [2.24, 2.45) is 0 Å². The molecule has 1 unspecified atom stereocenters. The minimum atomic E-state index is -0.820. The van der Waals surface area contributed by atoms with Crippen LogP contribution in [0.2, 0.25) is 0 Å². The summed E-state index contributed by atoms with van der Waals surface area (Å²) in [6, 6.07) is 4.22. The third kappa shape index (κ3) is 4.67. The van der Waals surface area contributed by atoms with Crippen molar-refractivity contribution < 1.29 is 29.1 Å². The highest BCUT2D eigenvalue weighted by atomic mass is 16.7. The Labute approximate surface area is 200 Å². The van der Waals surface area contributed by atoms with E-state index in [1.807, 2.05) is 0 Å². The Kier molecular flexibility index (Phi) is 6.57. The smallest absolute Gasteiger partial charge is 0.330 e. The summed E-state index contributed by atoms with van der Waals surface area (Å²) in [6.45, 7) is 3.85. The molecule has 3 N–H and O–H groups in total. The highest BCUT2D eigenvalue weighted by Gasteiger charge is 2.44. The summed E-state index contributed by atoms with van der Waals surface area (Å²) in [7, 11) is 0. The lowest BCUT2D eigenvalue weighted by molar-refractivity contribution is -0.150. The van der Waals surface area contributed by atoms with Crippen molar-refractivity contribution in [3.8, 4) is 0 Å². The first-order chi connectivity index (χ1) is 17.2. The molecule has 12 heteroatoms. The highest BCUT2D eigenvalue weighted by molar-refractivity contribution is 6.21. The number of nitrogens with zero attached hydrogens (tertiary/aromatic N) is 2. The zero-order valence-electron chi connectivity index (χ0n) is 20.2. The topological polar surface area (TPSA) is 160 Å². The van der Waals surface area contributed by atoms with Crippen LogP contribution in [0.1, 0.15) is 69.1 Å². The van der Waals surface area contributed by atoms with Gasteiger partial charge in [0.15, 0.2) is 0 Å². The van der Waals surface area contributed by atoms with E-state index in [-0.39, 0.29) is 35.6 Å². The number of nitrogens with one attached hydrogen (secondary N) is 2. The Morgan fingerprint density at radius 1 is 1.29 bits per heavy atom. The quantitative estimate of drug-likeness (QED) is 0.334. The van der Waals surface area contributed by atoms with Gasteiger partial charge in [-0.15, -0.1) is 5.06 Å². The normalized spacial score (nSPS) is 21.8. The van der Waals surface area contributed by atoms with Crippen LogP contribution in [0.15, 0.2) is 34.0 Å². The van der Waals surface area contributed by atoms with Gasteiger partial charge in [-0.1, -0.05) is 0 Å². The standard InChI is InChI=1S/C23H26N4O8/c1-3-24-20(30)13-6-7-14-15(9-13)22(32)27(21(14)31)35-17-10-18(34-16(17)5-4-8-28)26-11-12(2)19(29)25-23(26)33/h6-7,9,11,16-18,28H,3-5,8,10H2,1-2H3,(H,24,30)(H,25,29,33)/t16-,17?,18-/m1/s1/i28T. The third-order valence-electron chi connectivity index (χ3n) is 5.96. The van der Waals surface area contributed by atoms with Gasteiger partial charge < -0.3 is 15.2 Å². The van der Waals surface area contributed by atoms with Gasteiger partial charge in [-0.05, 0) is 44.9 Å². The fraction of sp³-hybridized carbons (Fsp3) is 0.435. The molecular formula is C23H26N4O8. The number of aliphatic hydroxyl groups is 1. The molecule has 2 aliphatic heterocycles. The number of amides is 3. The van der Waals surface area contributed by atoms with E-state index in [0.717, 1.165) is 0 Å². The van der Waals surface area contributed by atoms with E-state index in [1.165, 1.54) is 29.0 Å². The van der Waals surface area contributed by atoms with Gasteiger partial charge in [0.2, 0.25) is 1.43 Å². The van der Waals surface area contributed by atoms with Crippen LogP contribution in [0.5, 0.6) is 0 Å². The van der Waals surface area contributed by atoms with Gasteiger partial charge in [-0.3, -0.25) is 33.6 Å². The molecular weight excluding hydrogens is 460 g/mol. The summed E-state index contributed by atoms with van der Waals surface area (Å²) in [6.07, 6.45) is 0.0159. The van der Waals surface area contributed by atoms with E-state index in [1.54, 1.807) is 13.8 Å². The maximum absolute atomic E-state index is 13.1. The first kappa shape index (κ1) is 23.1. The van der Waals surface area contributed by atoms with Crippen molar-refractivity contribution in [2.75, 3.05) is 13.2 Å². The van der Waals surface area contributed by atoms with E-state index in [4.69, 9.17) is 11.0 Å².